The summed E-state index contributed by atoms with van der Waals surface area (Å²) < 4.78 is 0. The lowest BCUT2D eigenvalue weighted by atomic mass is 10.2. The number of carbonyl (C=O) groups excluding carboxylic acids is 1. The maximum absolute atomic E-state index is 12.9. The summed E-state index contributed by atoms with van der Waals surface area (Å²) >= 11 is 1.50. The largest absolute Gasteiger partial charge is 0.320 e. The molecule has 0 bridgehead atoms. The van der Waals surface area contributed by atoms with Crippen molar-refractivity contribution in [2.75, 3.05) is 19.4 Å². The van der Waals surface area contributed by atoms with Crippen molar-refractivity contribution in [2.24, 2.45) is 0 Å². The van der Waals surface area contributed by atoms with E-state index in [2.05, 4.69) is 31.2 Å². The van der Waals surface area contributed by atoms with Crippen molar-refractivity contribution in [2.45, 2.75) is 6.54 Å². The van der Waals surface area contributed by atoms with Gasteiger partial charge in [-0.15, -0.1) is 0 Å². The molecular formula is C24H20N6OS. The number of fused-ring (bicyclic) bond motifs is 2. The zero-order chi connectivity index (χ0) is 22.1. The van der Waals surface area contributed by atoms with Crippen LogP contribution in [0.4, 0.5) is 5.69 Å². The van der Waals surface area contributed by atoms with Crippen molar-refractivity contribution < 1.29 is 4.79 Å². The van der Waals surface area contributed by atoms with Gasteiger partial charge >= 0.3 is 0 Å². The number of anilines is 1. The molecule has 0 aliphatic rings. The molecule has 7 nitrogen and oxygen atoms in total. The van der Waals surface area contributed by atoms with E-state index in [1.807, 2.05) is 68.8 Å². The maximum atomic E-state index is 12.9. The van der Waals surface area contributed by atoms with E-state index in [4.69, 9.17) is 4.98 Å². The van der Waals surface area contributed by atoms with Crippen LogP contribution in [-0.2, 0) is 6.54 Å². The minimum absolute atomic E-state index is 0.262. The molecule has 158 valence electrons. The highest BCUT2D eigenvalue weighted by molar-refractivity contribution is 7.21. The second kappa shape index (κ2) is 8.41. The summed E-state index contributed by atoms with van der Waals surface area (Å²) in [6.07, 6.45) is 3.38. The summed E-state index contributed by atoms with van der Waals surface area (Å²) in [7, 11) is 4.05. The second-order valence-electron chi connectivity index (χ2n) is 7.67. The molecule has 0 aliphatic heterocycles. The molecule has 0 atom stereocenters. The van der Waals surface area contributed by atoms with Crippen LogP contribution in [0.25, 0.3) is 32.0 Å². The van der Waals surface area contributed by atoms with Gasteiger partial charge in [0, 0.05) is 18.3 Å². The first-order valence-electron chi connectivity index (χ1n) is 10.1. The summed E-state index contributed by atoms with van der Waals surface area (Å²) in [6.45, 7) is 0.801. The van der Waals surface area contributed by atoms with Gasteiger partial charge in [0.05, 0.1) is 22.9 Å². The standard InChI is InChI=1S/C24H20N6OS/c1-30(2)14-15-11-20-24(26-12-15)32-23(29-20)16-7-3-4-8-17(16)28-22(31)21-13-25-18-9-5-6-10-19(18)27-21/h3-13H,14H2,1-2H3,(H,28,31). The molecule has 32 heavy (non-hydrogen) atoms. The number of carbonyl (C=O) groups is 1. The van der Waals surface area contributed by atoms with E-state index >= 15 is 0 Å². The summed E-state index contributed by atoms with van der Waals surface area (Å²) in [4.78, 5) is 34.0. The van der Waals surface area contributed by atoms with Gasteiger partial charge in [-0.2, -0.15) is 0 Å². The van der Waals surface area contributed by atoms with Gasteiger partial charge in [-0.25, -0.2) is 15.0 Å². The topological polar surface area (TPSA) is 83.9 Å². The maximum Gasteiger partial charge on any atom is 0.275 e. The number of hydrogen-bond donors (Lipinski definition) is 1. The fourth-order valence-electron chi connectivity index (χ4n) is 3.46. The van der Waals surface area contributed by atoms with Crippen LogP contribution in [0.2, 0.25) is 0 Å². The van der Waals surface area contributed by atoms with Crippen molar-refractivity contribution >= 4 is 44.3 Å². The lowest BCUT2D eigenvalue weighted by Gasteiger charge is -2.09. The molecule has 0 fully saturated rings. The number of nitrogens with one attached hydrogen (secondary N) is 1. The van der Waals surface area contributed by atoms with Crippen molar-refractivity contribution in [1.29, 1.82) is 0 Å². The molecule has 0 aliphatic carbocycles. The number of benzene rings is 2. The molecule has 3 heterocycles. The third-order valence-electron chi connectivity index (χ3n) is 4.89. The normalized spacial score (nSPS) is 11.3. The quantitative estimate of drug-likeness (QED) is 0.429. The van der Waals surface area contributed by atoms with Crippen LogP contribution in [0, 0.1) is 0 Å². The van der Waals surface area contributed by atoms with Gasteiger partial charge in [0.25, 0.3) is 5.91 Å². The van der Waals surface area contributed by atoms with Gasteiger partial charge in [0.15, 0.2) is 0 Å². The highest BCUT2D eigenvalue weighted by Gasteiger charge is 2.15. The van der Waals surface area contributed by atoms with E-state index in [1.54, 1.807) is 0 Å². The first kappa shape index (κ1) is 20.2. The number of aromatic nitrogens is 4. The monoisotopic (exact) mass is 440 g/mol. The second-order valence-corrected chi connectivity index (χ2v) is 8.65. The molecule has 5 rings (SSSR count). The van der Waals surface area contributed by atoms with Crippen LogP contribution in [0.1, 0.15) is 16.1 Å². The van der Waals surface area contributed by atoms with Crippen LogP contribution < -0.4 is 5.32 Å². The van der Waals surface area contributed by atoms with Crippen LogP contribution in [0.5, 0.6) is 0 Å². The van der Waals surface area contributed by atoms with Crippen LogP contribution in [-0.4, -0.2) is 44.8 Å². The van der Waals surface area contributed by atoms with Crippen molar-refractivity contribution in [3.63, 3.8) is 0 Å². The lowest BCUT2D eigenvalue weighted by molar-refractivity contribution is 0.102. The Labute approximate surface area is 188 Å². The fourth-order valence-corrected chi connectivity index (χ4v) is 4.39. The van der Waals surface area contributed by atoms with E-state index in [0.717, 1.165) is 38.5 Å². The van der Waals surface area contributed by atoms with E-state index < -0.39 is 0 Å². The van der Waals surface area contributed by atoms with Crippen molar-refractivity contribution in [3.05, 3.63) is 78.2 Å². The molecule has 0 saturated carbocycles. The molecule has 0 radical (unpaired) electrons. The zero-order valence-electron chi connectivity index (χ0n) is 17.6. The van der Waals surface area contributed by atoms with E-state index in [1.165, 1.54) is 17.5 Å². The molecule has 0 spiro atoms. The molecule has 2 aromatic carbocycles. The molecule has 3 aromatic heterocycles. The van der Waals surface area contributed by atoms with Gasteiger partial charge in [0.1, 0.15) is 21.0 Å². The summed E-state index contributed by atoms with van der Waals surface area (Å²) in [5.41, 5.74) is 5.16. The van der Waals surface area contributed by atoms with Gasteiger partial charge < -0.3 is 10.2 Å². The number of hydrogen-bond acceptors (Lipinski definition) is 7. The Morgan fingerprint density at radius 2 is 1.72 bits per heavy atom. The highest BCUT2D eigenvalue weighted by Crippen LogP contribution is 2.34. The number of para-hydroxylation sites is 3. The smallest absolute Gasteiger partial charge is 0.275 e. The van der Waals surface area contributed by atoms with Gasteiger partial charge in [0.2, 0.25) is 0 Å². The Bertz CT molecular complexity index is 1450. The third-order valence-corrected chi connectivity index (χ3v) is 5.90. The molecular weight excluding hydrogens is 420 g/mol. The molecule has 8 heteroatoms. The predicted octanol–water partition coefficient (Wildman–Crippen LogP) is 4.62. The molecule has 1 amide bonds. The predicted molar refractivity (Wildman–Crippen MR) is 128 cm³/mol. The van der Waals surface area contributed by atoms with E-state index in [9.17, 15) is 4.79 Å². The number of amides is 1. The van der Waals surface area contributed by atoms with Gasteiger partial charge in [-0.3, -0.25) is 9.78 Å². The number of pyridine rings is 1. The molecule has 0 saturated heterocycles. The van der Waals surface area contributed by atoms with Gasteiger partial charge in [-0.05, 0) is 50.0 Å². The lowest BCUT2D eigenvalue weighted by Crippen LogP contribution is -2.14. The Balaban J connectivity index is 1.46. The number of rotatable bonds is 5. The Hall–Kier alpha value is -3.75. The van der Waals surface area contributed by atoms with Gasteiger partial charge in [-0.1, -0.05) is 35.6 Å². The Morgan fingerprint density at radius 1 is 0.938 bits per heavy atom. The van der Waals surface area contributed by atoms with Crippen LogP contribution in [0.15, 0.2) is 67.0 Å². The fraction of sp³-hybridized carbons (Fsp3) is 0.125. The number of thiazole rings is 1. The summed E-state index contributed by atoms with van der Waals surface area (Å²) in [5.74, 6) is -0.316. The molecule has 1 N–H and O–H groups in total. The Morgan fingerprint density at radius 3 is 2.56 bits per heavy atom. The summed E-state index contributed by atoms with van der Waals surface area (Å²) in [5, 5.41) is 3.77. The van der Waals surface area contributed by atoms with Crippen molar-refractivity contribution in [1.82, 2.24) is 24.8 Å². The Kier molecular flexibility index (Phi) is 5.30. The van der Waals surface area contributed by atoms with Crippen molar-refractivity contribution in [3.8, 4) is 10.6 Å². The minimum atomic E-state index is -0.316. The van der Waals surface area contributed by atoms with Crippen LogP contribution in [0.3, 0.4) is 0 Å². The first-order chi connectivity index (χ1) is 15.6. The van der Waals surface area contributed by atoms with E-state index in [-0.39, 0.29) is 11.6 Å². The SMILES string of the molecule is CN(C)Cc1cnc2sc(-c3ccccc3NC(=O)c3cnc4ccccc4n3)nc2c1. The summed E-state index contributed by atoms with van der Waals surface area (Å²) in [6, 6.07) is 17.1. The third kappa shape index (κ3) is 4.05. The first-order valence-corrected chi connectivity index (χ1v) is 10.9. The van der Waals surface area contributed by atoms with Crippen LogP contribution >= 0.6 is 11.3 Å². The zero-order valence-corrected chi connectivity index (χ0v) is 18.4. The minimum Gasteiger partial charge on any atom is -0.320 e. The highest BCUT2D eigenvalue weighted by atomic mass is 32.1. The average Bonchev–Trinajstić information content (AvgIpc) is 3.22. The number of nitrogens with zero attached hydrogens (tertiary/aromatic N) is 5. The van der Waals surface area contributed by atoms with E-state index in [0.29, 0.717) is 11.2 Å². The molecule has 5 aromatic rings. The average molecular weight is 441 g/mol. The molecule has 0 unspecified atom stereocenters.